The van der Waals surface area contributed by atoms with Crippen LogP contribution in [-0.2, 0) is 9.53 Å². The maximum Gasteiger partial charge on any atom is 0.338 e. The summed E-state index contributed by atoms with van der Waals surface area (Å²) in [7, 11) is 0. The van der Waals surface area contributed by atoms with E-state index in [0.717, 1.165) is 26.1 Å². The topological polar surface area (TPSA) is 81.2 Å². The van der Waals surface area contributed by atoms with E-state index in [-0.39, 0.29) is 0 Å². The SMILES string of the molecule is O=C(COC(=O)c1ccc2nc(-c3ccccc3)c(-c3ccccc3)nc2c1)Nc1ccc(I)cc1. The number of rotatable bonds is 6. The van der Waals surface area contributed by atoms with Crippen molar-refractivity contribution in [1.29, 1.82) is 0 Å². The van der Waals surface area contributed by atoms with Crippen LogP contribution < -0.4 is 5.32 Å². The summed E-state index contributed by atoms with van der Waals surface area (Å²) in [6.45, 7) is -0.392. The summed E-state index contributed by atoms with van der Waals surface area (Å²) >= 11 is 2.19. The first kappa shape index (κ1) is 23.6. The third kappa shape index (κ3) is 5.41. The molecule has 1 amide bonds. The Bertz CT molecular complexity index is 1540. The van der Waals surface area contributed by atoms with E-state index in [0.29, 0.717) is 22.3 Å². The van der Waals surface area contributed by atoms with Gasteiger partial charge in [-0.25, -0.2) is 14.8 Å². The number of ether oxygens (including phenoxy) is 1. The first-order valence-electron chi connectivity index (χ1n) is 11.2. The summed E-state index contributed by atoms with van der Waals surface area (Å²) in [6.07, 6.45) is 0. The molecule has 1 aromatic heterocycles. The highest BCUT2D eigenvalue weighted by Crippen LogP contribution is 2.31. The number of benzene rings is 4. The van der Waals surface area contributed by atoms with Gasteiger partial charge in [0.05, 0.1) is 28.0 Å². The van der Waals surface area contributed by atoms with E-state index < -0.39 is 18.5 Å². The minimum Gasteiger partial charge on any atom is -0.452 e. The number of carbonyl (C=O) groups is 2. The van der Waals surface area contributed by atoms with E-state index in [1.54, 1.807) is 30.3 Å². The molecule has 0 saturated heterocycles. The standard InChI is InChI=1S/C29H20IN3O3/c30-22-12-14-23(15-13-22)31-26(34)18-36-29(35)21-11-16-24-25(17-21)33-28(20-9-5-2-6-10-20)27(32-24)19-7-3-1-4-8-19/h1-17H,18H2,(H,31,34). The van der Waals surface area contributed by atoms with Gasteiger partial charge >= 0.3 is 5.97 Å². The third-order valence-corrected chi connectivity index (χ3v) is 6.18. The minimum atomic E-state index is -0.607. The van der Waals surface area contributed by atoms with E-state index >= 15 is 0 Å². The number of anilines is 1. The fourth-order valence-electron chi connectivity index (χ4n) is 3.72. The molecule has 7 heteroatoms. The van der Waals surface area contributed by atoms with Crippen molar-refractivity contribution < 1.29 is 14.3 Å². The number of esters is 1. The van der Waals surface area contributed by atoms with Crippen LogP contribution in [0.1, 0.15) is 10.4 Å². The smallest absolute Gasteiger partial charge is 0.338 e. The molecule has 0 saturated carbocycles. The fourth-order valence-corrected chi connectivity index (χ4v) is 4.08. The summed E-state index contributed by atoms with van der Waals surface area (Å²) in [5, 5.41) is 2.71. The Morgan fingerprint density at radius 2 is 1.31 bits per heavy atom. The normalized spacial score (nSPS) is 10.7. The maximum atomic E-state index is 12.7. The molecule has 6 nitrogen and oxygen atoms in total. The lowest BCUT2D eigenvalue weighted by Gasteiger charge is -2.11. The number of aromatic nitrogens is 2. The van der Waals surface area contributed by atoms with Gasteiger partial charge in [0.1, 0.15) is 0 Å². The molecule has 5 rings (SSSR count). The van der Waals surface area contributed by atoms with Gasteiger partial charge < -0.3 is 10.1 Å². The van der Waals surface area contributed by atoms with Gasteiger partial charge in [-0.1, -0.05) is 60.7 Å². The van der Waals surface area contributed by atoms with Gasteiger partial charge in [-0.15, -0.1) is 0 Å². The molecule has 5 aromatic rings. The minimum absolute atomic E-state index is 0.297. The number of nitrogens with one attached hydrogen (secondary N) is 1. The number of halogens is 1. The highest BCUT2D eigenvalue weighted by atomic mass is 127. The number of hydrogen-bond donors (Lipinski definition) is 1. The number of carbonyl (C=O) groups excluding carboxylic acids is 2. The van der Waals surface area contributed by atoms with Crippen LogP contribution in [0.4, 0.5) is 5.69 Å². The van der Waals surface area contributed by atoms with Crippen LogP contribution in [0.5, 0.6) is 0 Å². The van der Waals surface area contributed by atoms with E-state index in [2.05, 4.69) is 27.9 Å². The van der Waals surface area contributed by atoms with Crippen molar-refractivity contribution in [3.63, 3.8) is 0 Å². The van der Waals surface area contributed by atoms with E-state index in [9.17, 15) is 9.59 Å². The van der Waals surface area contributed by atoms with Crippen LogP contribution in [0, 0.1) is 3.57 Å². The Morgan fingerprint density at radius 1 is 0.722 bits per heavy atom. The van der Waals surface area contributed by atoms with Crippen molar-refractivity contribution >= 4 is 51.2 Å². The molecule has 0 aliphatic carbocycles. The molecule has 0 radical (unpaired) electrons. The van der Waals surface area contributed by atoms with Gasteiger partial charge in [-0.2, -0.15) is 0 Å². The zero-order valence-corrected chi connectivity index (χ0v) is 21.2. The first-order chi connectivity index (χ1) is 17.6. The van der Waals surface area contributed by atoms with E-state index in [1.165, 1.54) is 0 Å². The highest BCUT2D eigenvalue weighted by molar-refractivity contribution is 14.1. The maximum absolute atomic E-state index is 12.7. The van der Waals surface area contributed by atoms with Crippen molar-refractivity contribution in [2.24, 2.45) is 0 Å². The Balaban J connectivity index is 1.40. The van der Waals surface area contributed by atoms with Crippen molar-refractivity contribution in [3.05, 3.63) is 112 Å². The summed E-state index contributed by atoms with van der Waals surface area (Å²) in [5.74, 6) is -1.02. The van der Waals surface area contributed by atoms with Crippen LogP contribution >= 0.6 is 22.6 Å². The average molecular weight is 585 g/mol. The predicted octanol–water partition coefficient (Wildman–Crippen LogP) is 6.36. The lowest BCUT2D eigenvalue weighted by Crippen LogP contribution is -2.20. The monoisotopic (exact) mass is 585 g/mol. The summed E-state index contributed by atoms with van der Waals surface area (Å²) in [4.78, 5) is 34.6. The lowest BCUT2D eigenvalue weighted by molar-refractivity contribution is -0.119. The second-order valence-corrected chi connectivity index (χ2v) is 9.23. The summed E-state index contributed by atoms with van der Waals surface area (Å²) in [6, 6.07) is 32.0. The van der Waals surface area contributed by atoms with Crippen LogP contribution in [0.15, 0.2) is 103 Å². The molecule has 1 heterocycles. The molecule has 0 unspecified atom stereocenters. The fraction of sp³-hybridized carbons (Fsp3) is 0.0345. The van der Waals surface area contributed by atoms with E-state index in [4.69, 9.17) is 14.7 Å². The number of hydrogen-bond acceptors (Lipinski definition) is 5. The molecular formula is C29H20IN3O3. The van der Waals surface area contributed by atoms with E-state index in [1.807, 2.05) is 72.8 Å². The first-order valence-corrected chi connectivity index (χ1v) is 12.3. The Hall–Kier alpha value is -4.11. The van der Waals surface area contributed by atoms with Crippen LogP contribution in [0.25, 0.3) is 33.5 Å². The van der Waals surface area contributed by atoms with Gasteiger partial charge in [0.25, 0.3) is 5.91 Å². The highest BCUT2D eigenvalue weighted by Gasteiger charge is 2.16. The lowest BCUT2D eigenvalue weighted by atomic mass is 10.0. The molecule has 4 aromatic carbocycles. The molecule has 0 fully saturated rings. The molecule has 0 aliphatic heterocycles. The molecule has 1 N–H and O–H groups in total. The van der Waals surface area contributed by atoms with Crippen molar-refractivity contribution in [1.82, 2.24) is 9.97 Å². The number of nitrogens with zero attached hydrogens (tertiary/aromatic N) is 2. The molecule has 0 spiro atoms. The number of amides is 1. The second kappa shape index (κ2) is 10.7. The van der Waals surface area contributed by atoms with Crippen molar-refractivity contribution in [3.8, 4) is 22.5 Å². The van der Waals surface area contributed by atoms with Gasteiger partial charge in [0, 0.05) is 20.4 Å². The van der Waals surface area contributed by atoms with Crippen molar-refractivity contribution in [2.45, 2.75) is 0 Å². The quantitative estimate of drug-likeness (QED) is 0.185. The Morgan fingerprint density at radius 3 is 1.92 bits per heavy atom. The molecule has 36 heavy (non-hydrogen) atoms. The predicted molar refractivity (Wildman–Crippen MR) is 148 cm³/mol. The Labute approximate surface area is 221 Å². The van der Waals surface area contributed by atoms with Gasteiger partial charge in [0.2, 0.25) is 0 Å². The van der Waals surface area contributed by atoms with Crippen molar-refractivity contribution in [2.75, 3.05) is 11.9 Å². The van der Waals surface area contributed by atoms with Crippen LogP contribution in [-0.4, -0.2) is 28.5 Å². The number of fused-ring (bicyclic) bond motifs is 1. The van der Waals surface area contributed by atoms with Gasteiger partial charge in [-0.3, -0.25) is 4.79 Å². The average Bonchev–Trinajstić information content (AvgIpc) is 2.93. The zero-order valence-electron chi connectivity index (χ0n) is 19.0. The zero-order chi connectivity index (χ0) is 24.9. The molecular weight excluding hydrogens is 565 g/mol. The second-order valence-electron chi connectivity index (χ2n) is 7.99. The van der Waals surface area contributed by atoms with Gasteiger partial charge in [-0.05, 0) is 65.1 Å². The molecule has 176 valence electrons. The summed E-state index contributed by atoms with van der Waals surface area (Å²) in [5.41, 5.74) is 5.51. The molecule has 0 bridgehead atoms. The third-order valence-electron chi connectivity index (χ3n) is 5.46. The van der Waals surface area contributed by atoms with Crippen LogP contribution in [0.3, 0.4) is 0 Å². The van der Waals surface area contributed by atoms with Crippen LogP contribution in [0.2, 0.25) is 0 Å². The largest absolute Gasteiger partial charge is 0.452 e. The summed E-state index contributed by atoms with van der Waals surface area (Å²) < 4.78 is 6.30. The molecule has 0 atom stereocenters. The molecule has 0 aliphatic rings. The van der Waals surface area contributed by atoms with Gasteiger partial charge in [0.15, 0.2) is 6.61 Å². The Kier molecular flexibility index (Phi) is 6.99.